The van der Waals surface area contributed by atoms with E-state index in [1.807, 2.05) is 0 Å². The van der Waals surface area contributed by atoms with Gasteiger partial charge < -0.3 is 11.1 Å². The van der Waals surface area contributed by atoms with Crippen LogP contribution < -0.4 is 11.1 Å². The molecular formula is C16H21FN2OS. The first-order valence-electron chi connectivity index (χ1n) is 7.35. The Balaban J connectivity index is 2.10. The number of hydrogen-bond donors (Lipinski definition) is 2. The van der Waals surface area contributed by atoms with E-state index in [1.165, 1.54) is 18.6 Å². The van der Waals surface area contributed by atoms with Crippen LogP contribution >= 0.6 is 12.2 Å². The van der Waals surface area contributed by atoms with Gasteiger partial charge in [-0.15, -0.1) is 0 Å². The van der Waals surface area contributed by atoms with Gasteiger partial charge in [0, 0.05) is 5.56 Å². The van der Waals surface area contributed by atoms with Crippen LogP contribution in [-0.2, 0) is 0 Å². The van der Waals surface area contributed by atoms with E-state index in [4.69, 9.17) is 18.0 Å². The molecule has 0 spiro atoms. The molecule has 3 N–H and O–H groups in total. The van der Waals surface area contributed by atoms with Gasteiger partial charge in [0.1, 0.15) is 5.82 Å². The van der Waals surface area contributed by atoms with Crippen LogP contribution in [0.4, 0.5) is 4.39 Å². The summed E-state index contributed by atoms with van der Waals surface area (Å²) in [6.07, 6.45) is 5.59. The third kappa shape index (κ3) is 4.00. The Hall–Kier alpha value is -1.49. The highest BCUT2D eigenvalue weighted by molar-refractivity contribution is 7.80. The first kappa shape index (κ1) is 15.9. The van der Waals surface area contributed by atoms with E-state index in [9.17, 15) is 9.18 Å². The van der Waals surface area contributed by atoms with E-state index in [2.05, 4.69) is 5.32 Å². The van der Waals surface area contributed by atoms with Crippen LogP contribution in [-0.4, -0.2) is 16.9 Å². The first-order chi connectivity index (χ1) is 9.99. The topological polar surface area (TPSA) is 55.1 Å². The third-order valence-electron chi connectivity index (χ3n) is 4.13. The van der Waals surface area contributed by atoms with Gasteiger partial charge in [-0.1, -0.05) is 31.5 Å². The molecule has 1 aromatic rings. The molecule has 0 bridgehead atoms. The fourth-order valence-electron chi connectivity index (χ4n) is 2.90. The van der Waals surface area contributed by atoms with Gasteiger partial charge in [-0.25, -0.2) is 4.39 Å². The minimum atomic E-state index is -0.315. The normalized spacial score (nSPS) is 17.2. The molecule has 0 aromatic heterocycles. The number of nitrogens with one attached hydrogen (secondary N) is 1. The molecule has 1 aliphatic carbocycles. The SMILES string of the molecule is Cc1cc(C(=O)NC(C(N)=S)C2CCCCC2)ccc1F. The fraction of sp³-hybridized carbons (Fsp3) is 0.500. The Bertz CT molecular complexity index is 541. The minimum Gasteiger partial charge on any atom is -0.392 e. The quantitative estimate of drug-likeness (QED) is 0.840. The second-order valence-electron chi connectivity index (χ2n) is 5.72. The van der Waals surface area contributed by atoms with Crippen molar-refractivity contribution >= 4 is 23.1 Å². The standard InChI is InChI=1S/C16H21FN2OS/c1-10-9-12(7-8-13(10)17)16(20)19-14(15(18)21)11-5-3-2-4-6-11/h7-9,11,14H,2-6H2,1H3,(H2,18,21)(H,19,20). The number of rotatable bonds is 4. The van der Waals surface area contributed by atoms with Crippen LogP contribution in [0.25, 0.3) is 0 Å². The smallest absolute Gasteiger partial charge is 0.251 e. The van der Waals surface area contributed by atoms with Crippen molar-refractivity contribution in [2.24, 2.45) is 11.7 Å². The van der Waals surface area contributed by atoms with Crippen LogP contribution in [0.5, 0.6) is 0 Å². The molecule has 1 aromatic carbocycles. The first-order valence-corrected chi connectivity index (χ1v) is 7.76. The van der Waals surface area contributed by atoms with Crippen LogP contribution in [0.15, 0.2) is 18.2 Å². The summed E-state index contributed by atoms with van der Waals surface area (Å²) in [5.41, 5.74) is 6.69. The van der Waals surface area contributed by atoms with Gasteiger partial charge in [0.25, 0.3) is 5.91 Å². The largest absolute Gasteiger partial charge is 0.392 e. The highest BCUT2D eigenvalue weighted by Crippen LogP contribution is 2.27. The Morgan fingerprint density at radius 2 is 2.05 bits per heavy atom. The average molecular weight is 308 g/mol. The molecule has 0 aliphatic heterocycles. The molecule has 0 radical (unpaired) electrons. The van der Waals surface area contributed by atoms with Crippen LogP contribution in [0.2, 0.25) is 0 Å². The Labute approximate surface area is 130 Å². The summed E-state index contributed by atoms with van der Waals surface area (Å²) in [6, 6.07) is 4.05. The van der Waals surface area contributed by atoms with Crippen molar-refractivity contribution in [2.75, 3.05) is 0 Å². The monoisotopic (exact) mass is 308 g/mol. The highest BCUT2D eigenvalue weighted by Gasteiger charge is 2.27. The molecule has 3 nitrogen and oxygen atoms in total. The molecule has 5 heteroatoms. The van der Waals surface area contributed by atoms with Gasteiger partial charge in [-0.3, -0.25) is 4.79 Å². The number of benzene rings is 1. The number of halogens is 1. The van der Waals surface area contributed by atoms with Crippen molar-refractivity contribution in [1.82, 2.24) is 5.32 Å². The van der Waals surface area contributed by atoms with E-state index in [1.54, 1.807) is 13.0 Å². The molecule has 1 amide bonds. The molecule has 1 atom stereocenters. The third-order valence-corrected chi connectivity index (χ3v) is 4.39. The molecule has 0 heterocycles. The predicted molar refractivity (Wildman–Crippen MR) is 85.8 cm³/mol. The van der Waals surface area contributed by atoms with E-state index < -0.39 is 0 Å². The second kappa shape index (κ2) is 6.98. The number of carbonyl (C=O) groups excluding carboxylic acids is 1. The number of carbonyl (C=O) groups is 1. The maximum atomic E-state index is 13.3. The lowest BCUT2D eigenvalue weighted by atomic mass is 9.83. The molecule has 114 valence electrons. The van der Waals surface area contributed by atoms with Gasteiger partial charge in [0.05, 0.1) is 11.0 Å². The number of thiocarbonyl (C=S) groups is 1. The van der Waals surface area contributed by atoms with Crippen molar-refractivity contribution < 1.29 is 9.18 Å². The second-order valence-corrected chi connectivity index (χ2v) is 6.19. The summed E-state index contributed by atoms with van der Waals surface area (Å²) >= 11 is 5.12. The molecule has 1 fully saturated rings. The zero-order valence-electron chi connectivity index (χ0n) is 12.2. The number of amides is 1. The summed E-state index contributed by atoms with van der Waals surface area (Å²) in [7, 11) is 0. The predicted octanol–water partition coefficient (Wildman–Crippen LogP) is 3.10. The Morgan fingerprint density at radius 1 is 1.38 bits per heavy atom. The summed E-state index contributed by atoms with van der Waals surface area (Å²) in [5, 5.41) is 2.92. The highest BCUT2D eigenvalue weighted by atomic mass is 32.1. The maximum absolute atomic E-state index is 13.3. The molecule has 2 rings (SSSR count). The van der Waals surface area contributed by atoms with Crippen molar-refractivity contribution in [3.63, 3.8) is 0 Å². The van der Waals surface area contributed by atoms with Crippen molar-refractivity contribution in [3.05, 3.63) is 35.1 Å². The Kier molecular flexibility index (Phi) is 5.28. The van der Waals surface area contributed by atoms with E-state index >= 15 is 0 Å². The number of nitrogens with two attached hydrogens (primary N) is 1. The van der Waals surface area contributed by atoms with Gasteiger partial charge in [0.15, 0.2) is 0 Å². The number of aryl methyl sites for hydroxylation is 1. The Morgan fingerprint density at radius 3 is 2.62 bits per heavy atom. The van der Waals surface area contributed by atoms with Crippen LogP contribution in [0.3, 0.4) is 0 Å². The fourth-order valence-corrected chi connectivity index (χ4v) is 3.15. The lowest BCUT2D eigenvalue weighted by Gasteiger charge is -2.30. The molecular weight excluding hydrogens is 287 g/mol. The summed E-state index contributed by atoms with van der Waals surface area (Å²) < 4.78 is 13.3. The summed E-state index contributed by atoms with van der Waals surface area (Å²) in [4.78, 5) is 12.6. The van der Waals surface area contributed by atoms with E-state index in [0.29, 0.717) is 22.0 Å². The van der Waals surface area contributed by atoms with Crippen molar-refractivity contribution in [1.29, 1.82) is 0 Å². The molecule has 1 aliphatic rings. The molecule has 1 saturated carbocycles. The zero-order valence-corrected chi connectivity index (χ0v) is 13.0. The van der Waals surface area contributed by atoms with Gasteiger partial charge in [-0.05, 0) is 49.4 Å². The van der Waals surface area contributed by atoms with Crippen molar-refractivity contribution in [2.45, 2.75) is 45.1 Å². The number of hydrogen-bond acceptors (Lipinski definition) is 2. The molecule has 0 saturated heterocycles. The zero-order chi connectivity index (χ0) is 15.4. The van der Waals surface area contributed by atoms with E-state index in [0.717, 1.165) is 25.7 Å². The van der Waals surface area contributed by atoms with Gasteiger partial charge in [-0.2, -0.15) is 0 Å². The maximum Gasteiger partial charge on any atom is 0.251 e. The lowest BCUT2D eigenvalue weighted by Crippen LogP contribution is -2.48. The van der Waals surface area contributed by atoms with Gasteiger partial charge in [0.2, 0.25) is 0 Å². The van der Waals surface area contributed by atoms with Gasteiger partial charge >= 0.3 is 0 Å². The minimum absolute atomic E-state index is 0.249. The summed E-state index contributed by atoms with van der Waals surface area (Å²) in [6.45, 7) is 1.64. The molecule has 21 heavy (non-hydrogen) atoms. The summed E-state index contributed by atoms with van der Waals surface area (Å²) in [5.74, 6) is -0.257. The molecule has 1 unspecified atom stereocenters. The lowest BCUT2D eigenvalue weighted by molar-refractivity contribution is 0.0931. The van der Waals surface area contributed by atoms with E-state index in [-0.39, 0.29) is 17.8 Å². The van der Waals surface area contributed by atoms with Crippen LogP contribution in [0, 0.1) is 18.7 Å². The average Bonchev–Trinajstić information content (AvgIpc) is 2.48. The van der Waals surface area contributed by atoms with Crippen molar-refractivity contribution in [3.8, 4) is 0 Å². The van der Waals surface area contributed by atoms with Crippen LogP contribution in [0.1, 0.15) is 48.0 Å².